The Hall–Kier alpha value is -3.79. The number of rotatable bonds is 3. The zero-order valence-electron chi connectivity index (χ0n) is 13.3. The second-order valence-corrected chi connectivity index (χ2v) is 6.55. The highest BCUT2D eigenvalue weighted by atomic mass is 32.1. The van der Waals surface area contributed by atoms with E-state index in [0.29, 0.717) is 17.0 Å². The van der Waals surface area contributed by atoms with Crippen LogP contribution in [0, 0.1) is 10.1 Å². The van der Waals surface area contributed by atoms with Gasteiger partial charge in [-0.2, -0.15) is 0 Å². The van der Waals surface area contributed by atoms with Crippen molar-refractivity contribution in [1.82, 2.24) is 9.97 Å². The molecule has 1 amide bonds. The lowest BCUT2D eigenvalue weighted by Crippen LogP contribution is -2.25. The Labute approximate surface area is 154 Å². The van der Waals surface area contributed by atoms with Crippen molar-refractivity contribution in [2.75, 3.05) is 5.32 Å². The van der Waals surface area contributed by atoms with E-state index in [4.69, 9.17) is 0 Å². The lowest BCUT2D eigenvalue weighted by molar-refractivity contribution is -0.380. The Morgan fingerprint density at radius 3 is 2.70 bits per heavy atom. The van der Waals surface area contributed by atoms with E-state index in [1.807, 2.05) is 0 Å². The van der Waals surface area contributed by atoms with Crippen molar-refractivity contribution in [1.29, 1.82) is 0 Å². The van der Waals surface area contributed by atoms with Crippen molar-refractivity contribution < 1.29 is 19.3 Å². The highest BCUT2D eigenvalue weighted by molar-refractivity contribution is 7.18. The van der Waals surface area contributed by atoms with Gasteiger partial charge in [-0.15, -0.1) is 0 Å². The fourth-order valence-corrected chi connectivity index (χ4v) is 3.65. The molecule has 0 saturated carbocycles. The normalized spacial score (nSPS) is 12.3. The molecule has 3 heterocycles. The minimum Gasteiger partial charge on any atom is -0.321 e. The number of ketones is 2. The van der Waals surface area contributed by atoms with E-state index in [-0.39, 0.29) is 32.3 Å². The number of amides is 1. The van der Waals surface area contributed by atoms with Crippen molar-refractivity contribution in [2.24, 2.45) is 0 Å². The highest BCUT2D eigenvalue weighted by Gasteiger charge is 2.38. The number of pyridine rings is 2. The molecule has 27 heavy (non-hydrogen) atoms. The van der Waals surface area contributed by atoms with Gasteiger partial charge >= 0.3 is 5.00 Å². The molecule has 132 valence electrons. The van der Waals surface area contributed by atoms with Gasteiger partial charge in [-0.05, 0) is 18.2 Å². The molecular weight excluding hydrogens is 372 g/mol. The van der Waals surface area contributed by atoms with Gasteiger partial charge < -0.3 is 5.32 Å². The van der Waals surface area contributed by atoms with Crippen LogP contribution in [0.3, 0.4) is 0 Å². The first kappa shape index (κ1) is 16.7. The van der Waals surface area contributed by atoms with Gasteiger partial charge in [0, 0.05) is 18.5 Å². The van der Waals surface area contributed by atoms with Gasteiger partial charge in [-0.25, -0.2) is 0 Å². The van der Waals surface area contributed by atoms with Crippen molar-refractivity contribution >= 4 is 39.5 Å². The molecule has 3 aromatic rings. The third kappa shape index (κ3) is 2.68. The van der Waals surface area contributed by atoms with E-state index in [0.717, 1.165) is 6.07 Å². The van der Waals surface area contributed by atoms with Crippen LogP contribution in [0.15, 0.2) is 42.9 Å². The van der Waals surface area contributed by atoms with Crippen LogP contribution in [0.2, 0.25) is 0 Å². The number of carbonyl (C=O) groups excluding carboxylic acids is 3. The molecule has 0 spiro atoms. The Morgan fingerprint density at radius 1 is 1.19 bits per heavy atom. The third-order valence-corrected chi connectivity index (χ3v) is 4.99. The monoisotopic (exact) mass is 380 g/mol. The Balaban J connectivity index is 1.80. The summed E-state index contributed by atoms with van der Waals surface area (Å²) in [4.78, 5) is 56.2. The zero-order valence-corrected chi connectivity index (χ0v) is 14.1. The van der Waals surface area contributed by atoms with Crippen LogP contribution in [-0.2, 0) is 0 Å². The number of thiophene rings is 1. The molecule has 0 bridgehead atoms. The van der Waals surface area contributed by atoms with Crippen LogP contribution in [0.1, 0.15) is 41.6 Å². The van der Waals surface area contributed by atoms with Crippen molar-refractivity contribution in [2.45, 2.75) is 0 Å². The Morgan fingerprint density at radius 2 is 2.00 bits per heavy atom. The average Bonchev–Trinajstić information content (AvgIpc) is 3.13. The van der Waals surface area contributed by atoms with E-state index in [2.05, 4.69) is 15.3 Å². The molecule has 4 rings (SSSR count). The van der Waals surface area contributed by atoms with Crippen LogP contribution in [-0.4, -0.2) is 32.4 Å². The van der Waals surface area contributed by atoms with Gasteiger partial charge in [-0.3, -0.25) is 34.5 Å². The molecule has 0 aliphatic heterocycles. The first-order chi connectivity index (χ1) is 13.0. The fraction of sp³-hybridized carbons (Fsp3) is 0. The predicted octanol–water partition coefficient (Wildman–Crippen LogP) is 2.47. The molecule has 0 unspecified atom stereocenters. The third-order valence-electron chi connectivity index (χ3n) is 3.91. The lowest BCUT2D eigenvalue weighted by atomic mass is 9.89. The molecule has 3 aromatic heterocycles. The fourth-order valence-electron chi connectivity index (χ4n) is 2.73. The molecule has 0 atom stereocenters. The molecular formula is C17H8N4O5S. The smallest absolute Gasteiger partial charge is 0.321 e. The number of nitrogens with one attached hydrogen (secondary N) is 1. The van der Waals surface area contributed by atoms with Crippen molar-refractivity contribution in [3.8, 4) is 0 Å². The number of nitro groups is 1. The van der Waals surface area contributed by atoms with Crippen LogP contribution >= 0.6 is 11.3 Å². The number of hydrogen-bond donors (Lipinski definition) is 1. The predicted molar refractivity (Wildman–Crippen MR) is 94.3 cm³/mol. The molecule has 1 aliphatic rings. The summed E-state index contributed by atoms with van der Waals surface area (Å²) < 4.78 is 0. The molecule has 0 aromatic carbocycles. The molecule has 9 nitrogen and oxygen atoms in total. The summed E-state index contributed by atoms with van der Waals surface area (Å²) in [7, 11) is 0. The van der Waals surface area contributed by atoms with Crippen LogP contribution in [0.5, 0.6) is 0 Å². The molecule has 0 saturated heterocycles. The lowest BCUT2D eigenvalue weighted by Gasteiger charge is -2.16. The van der Waals surface area contributed by atoms with Gasteiger partial charge in [0.1, 0.15) is 5.69 Å². The molecule has 10 heteroatoms. The second kappa shape index (κ2) is 6.18. The number of aromatic nitrogens is 2. The molecule has 0 fully saturated rings. The van der Waals surface area contributed by atoms with Gasteiger partial charge in [0.2, 0.25) is 11.6 Å². The van der Waals surface area contributed by atoms with Gasteiger partial charge in [0.15, 0.2) is 0 Å². The van der Waals surface area contributed by atoms with E-state index in [9.17, 15) is 24.5 Å². The minimum absolute atomic E-state index is 0.0380. The summed E-state index contributed by atoms with van der Waals surface area (Å²) in [5.41, 5.74) is -0.0484. The quantitative estimate of drug-likeness (QED) is 0.426. The highest BCUT2D eigenvalue weighted by Crippen LogP contribution is 2.37. The Bertz CT molecular complexity index is 1140. The van der Waals surface area contributed by atoms with E-state index in [1.165, 1.54) is 24.7 Å². The molecule has 1 aliphatic carbocycles. The topological polar surface area (TPSA) is 132 Å². The summed E-state index contributed by atoms with van der Waals surface area (Å²) in [6.07, 6.45) is 4.21. The maximum Gasteiger partial charge on any atom is 0.325 e. The molecule has 1 N–H and O–H groups in total. The maximum atomic E-state index is 12.9. The zero-order chi connectivity index (χ0) is 19.1. The van der Waals surface area contributed by atoms with Gasteiger partial charge in [0.25, 0.3) is 5.91 Å². The van der Waals surface area contributed by atoms with E-state index in [1.54, 1.807) is 12.1 Å². The SMILES string of the molecule is O=C(Nc1cccnc1)c1ccnc2c1C(=O)c1sc([N+](=O)[O-])cc1C2=O. The van der Waals surface area contributed by atoms with Crippen LogP contribution in [0.4, 0.5) is 10.7 Å². The minimum atomic E-state index is -0.669. The van der Waals surface area contributed by atoms with Crippen LogP contribution in [0.25, 0.3) is 0 Å². The first-order valence-corrected chi connectivity index (χ1v) is 8.37. The number of anilines is 1. The van der Waals surface area contributed by atoms with Gasteiger partial charge in [0.05, 0.1) is 38.4 Å². The van der Waals surface area contributed by atoms with E-state index < -0.39 is 22.4 Å². The molecule has 0 radical (unpaired) electrons. The number of hydrogen-bond acceptors (Lipinski definition) is 8. The number of fused-ring (bicyclic) bond motifs is 2. The van der Waals surface area contributed by atoms with Crippen molar-refractivity contribution in [3.05, 3.63) is 80.2 Å². The number of nitrogens with zero attached hydrogens (tertiary/aromatic N) is 3. The maximum absolute atomic E-state index is 12.9. The first-order valence-electron chi connectivity index (χ1n) is 7.55. The van der Waals surface area contributed by atoms with Crippen LogP contribution < -0.4 is 5.32 Å². The van der Waals surface area contributed by atoms with Crippen molar-refractivity contribution in [3.63, 3.8) is 0 Å². The summed E-state index contributed by atoms with van der Waals surface area (Å²) in [5.74, 6) is -1.88. The summed E-state index contributed by atoms with van der Waals surface area (Å²) >= 11 is 0.604. The summed E-state index contributed by atoms with van der Waals surface area (Å²) in [6, 6.07) is 5.63. The Kier molecular flexibility index (Phi) is 3.81. The summed E-state index contributed by atoms with van der Waals surface area (Å²) in [5, 5.41) is 13.3. The summed E-state index contributed by atoms with van der Waals surface area (Å²) in [6.45, 7) is 0. The van der Waals surface area contributed by atoms with E-state index >= 15 is 0 Å². The second-order valence-electron chi connectivity index (χ2n) is 5.52. The standard InChI is InChI=1S/C17H8N4O5S/c22-14-10-6-11(21(25)26)27-16(10)15(23)12-9(3-5-19-13(12)14)17(24)20-8-2-1-4-18-7-8/h1-7H,(H,20,24). The largest absolute Gasteiger partial charge is 0.325 e. The average molecular weight is 380 g/mol. The number of carbonyl (C=O) groups is 3. The van der Waals surface area contributed by atoms with Gasteiger partial charge in [-0.1, -0.05) is 11.3 Å².